The lowest BCUT2D eigenvalue weighted by atomic mass is 9.89. The van der Waals surface area contributed by atoms with Crippen molar-refractivity contribution in [3.8, 4) is 34.1 Å². The molecule has 0 aliphatic heterocycles. The van der Waals surface area contributed by atoms with Gasteiger partial charge < -0.3 is 28.5 Å². The van der Waals surface area contributed by atoms with E-state index in [-0.39, 0.29) is 11.6 Å². The van der Waals surface area contributed by atoms with E-state index < -0.39 is 8.32 Å². The third kappa shape index (κ3) is 5.12. The van der Waals surface area contributed by atoms with Crippen LogP contribution in [0.4, 0.5) is 0 Å². The fraction of sp³-hybridized carbons (Fsp3) is 0.429. The zero-order valence-corrected chi connectivity index (χ0v) is 23.4. The number of aliphatic hydroxyl groups is 1. The Labute approximate surface area is 209 Å². The average Bonchev–Trinajstić information content (AvgIpc) is 2.84. The monoisotopic (exact) mass is 498 g/mol. The molecule has 0 bridgehead atoms. The van der Waals surface area contributed by atoms with Crippen LogP contribution < -0.4 is 18.9 Å². The summed E-state index contributed by atoms with van der Waals surface area (Å²) in [6.45, 7) is 11.4. The maximum Gasteiger partial charge on any atom is 0.192 e. The maximum atomic E-state index is 10.4. The summed E-state index contributed by atoms with van der Waals surface area (Å²) in [5.41, 5.74) is 3.36. The Morgan fingerprint density at radius 1 is 0.771 bits per heavy atom. The minimum Gasteiger partial charge on any atom is -0.497 e. The standard InChI is InChI=1S/C28H38O6Si/c1-28(2,3)35(8,9)34-17-19-13-20(30-4)15-24(33-7)26(19)25-18(16-29)14-23(32-6)27-21(25)11-10-12-22(27)31-5/h10-15,29H,16-17H2,1-9H3. The molecule has 0 amide bonds. The SMILES string of the molecule is COc1cc(CO[Si](C)(C)C(C)(C)C)c(-c2c(CO)cc(OC)c3c(OC)cccc23)c(OC)c1. The quantitative estimate of drug-likeness (QED) is 0.337. The average molecular weight is 499 g/mol. The molecule has 3 aromatic rings. The highest BCUT2D eigenvalue weighted by atomic mass is 28.4. The summed E-state index contributed by atoms with van der Waals surface area (Å²) in [5, 5.41) is 12.2. The molecule has 0 fully saturated rings. The zero-order chi connectivity index (χ0) is 26.0. The van der Waals surface area contributed by atoms with E-state index in [0.717, 1.165) is 33.0 Å². The Kier molecular flexibility index (Phi) is 8.04. The van der Waals surface area contributed by atoms with E-state index in [2.05, 4.69) is 33.9 Å². The Morgan fingerprint density at radius 2 is 1.43 bits per heavy atom. The minimum absolute atomic E-state index is 0.0621. The normalized spacial score (nSPS) is 12.1. The van der Waals surface area contributed by atoms with E-state index in [4.69, 9.17) is 23.4 Å². The van der Waals surface area contributed by atoms with Crippen molar-refractivity contribution in [2.75, 3.05) is 28.4 Å². The summed E-state index contributed by atoms with van der Waals surface area (Å²) in [6.07, 6.45) is 0. The molecule has 0 aliphatic rings. The van der Waals surface area contributed by atoms with Gasteiger partial charge in [0.2, 0.25) is 0 Å². The van der Waals surface area contributed by atoms with Gasteiger partial charge in [-0.3, -0.25) is 0 Å². The van der Waals surface area contributed by atoms with Crippen molar-refractivity contribution < 1.29 is 28.5 Å². The lowest BCUT2D eigenvalue weighted by Crippen LogP contribution is -2.40. The number of benzene rings is 3. The van der Waals surface area contributed by atoms with E-state index >= 15 is 0 Å². The first-order chi connectivity index (χ1) is 16.5. The van der Waals surface area contributed by atoms with Gasteiger partial charge >= 0.3 is 0 Å². The van der Waals surface area contributed by atoms with Gasteiger partial charge in [0.25, 0.3) is 0 Å². The van der Waals surface area contributed by atoms with Crippen LogP contribution >= 0.6 is 0 Å². The molecule has 0 saturated carbocycles. The lowest BCUT2D eigenvalue weighted by Gasteiger charge is -2.36. The lowest BCUT2D eigenvalue weighted by molar-refractivity contribution is 0.275. The fourth-order valence-electron chi connectivity index (χ4n) is 4.02. The molecule has 3 rings (SSSR count). The van der Waals surface area contributed by atoms with E-state index in [1.54, 1.807) is 28.4 Å². The van der Waals surface area contributed by atoms with Gasteiger partial charge in [0, 0.05) is 11.6 Å². The third-order valence-corrected chi connectivity index (χ3v) is 11.5. The molecule has 190 valence electrons. The van der Waals surface area contributed by atoms with Gasteiger partial charge in [-0.2, -0.15) is 0 Å². The van der Waals surface area contributed by atoms with Crippen molar-refractivity contribution >= 4 is 19.1 Å². The smallest absolute Gasteiger partial charge is 0.192 e. The van der Waals surface area contributed by atoms with E-state index in [1.165, 1.54) is 0 Å². The first-order valence-corrected chi connectivity index (χ1v) is 14.6. The Balaban J connectivity index is 2.38. The number of methoxy groups -OCH3 is 4. The fourth-order valence-corrected chi connectivity index (χ4v) is 4.97. The highest BCUT2D eigenvalue weighted by Gasteiger charge is 2.37. The van der Waals surface area contributed by atoms with Crippen LogP contribution in [0.15, 0.2) is 36.4 Å². The van der Waals surface area contributed by atoms with Crippen LogP contribution in [0.5, 0.6) is 23.0 Å². The molecule has 0 spiro atoms. The van der Waals surface area contributed by atoms with Gasteiger partial charge in [0.05, 0.1) is 47.0 Å². The van der Waals surface area contributed by atoms with Crippen molar-refractivity contribution in [2.24, 2.45) is 0 Å². The van der Waals surface area contributed by atoms with Crippen LogP contribution in [0.3, 0.4) is 0 Å². The molecular weight excluding hydrogens is 460 g/mol. The Bertz CT molecular complexity index is 1200. The minimum atomic E-state index is -2.04. The summed E-state index contributed by atoms with van der Waals surface area (Å²) in [7, 11) is 4.50. The third-order valence-electron chi connectivity index (χ3n) is 7.04. The van der Waals surface area contributed by atoms with Crippen LogP contribution in [0.1, 0.15) is 31.9 Å². The highest BCUT2D eigenvalue weighted by molar-refractivity contribution is 6.74. The molecular formula is C28H38O6Si. The summed E-state index contributed by atoms with van der Waals surface area (Å²) >= 11 is 0. The predicted molar refractivity (Wildman–Crippen MR) is 144 cm³/mol. The van der Waals surface area contributed by atoms with E-state index in [9.17, 15) is 5.11 Å². The molecule has 0 aromatic heterocycles. The van der Waals surface area contributed by atoms with Gasteiger partial charge in [-0.25, -0.2) is 0 Å². The number of fused-ring (bicyclic) bond motifs is 1. The van der Waals surface area contributed by atoms with Gasteiger partial charge in [-0.1, -0.05) is 32.9 Å². The van der Waals surface area contributed by atoms with E-state index in [0.29, 0.717) is 29.6 Å². The zero-order valence-electron chi connectivity index (χ0n) is 22.4. The molecule has 0 heterocycles. The summed E-state index contributed by atoms with van der Waals surface area (Å²) in [5.74, 6) is 2.65. The topological polar surface area (TPSA) is 66.4 Å². The molecule has 35 heavy (non-hydrogen) atoms. The van der Waals surface area contributed by atoms with Crippen molar-refractivity contribution in [1.82, 2.24) is 0 Å². The van der Waals surface area contributed by atoms with Crippen LogP contribution in [0.2, 0.25) is 18.1 Å². The summed E-state index contributed by atoms with van der Waals surface area (Å²) in [6, 6.07) is 11.6. The van der Waals surface area contributed by atoms with Crippen molar-refractivity contribution in [2.45, 2.75) is 52.1 Å². The highest BCUT2D eigenvalue weighted by Crippen LogP contribution is 2.47. The summed E-state index contributed by atoms with van der Waals surface area (Å²) in [4.78, 5) is 0. The molecule has 1 N–H and O–H groups in total. The predicted octanol–water partition coefficient (Wildman–Crippen LogP) is 6.56. The second kappa shape index (κ2) is 10.5. The Hall–Kier alpha value is -2.74. The van der Waals surface area contributed by atoms with Gasteiger partial charge in [-0.05, 0) is 58.4 Å². The largest absolute Gasteiger partial charge is 0.497 e. The van der Waals surface area contributed by atoms with Gasteiger partial charge in [0.1, 0.15) is 23.0 Å². The number of ether oxygens (including phenoxy) is 4. The van der Waals surface area contributed by atoms with Crippen molar-refractivity contribution in [3.63, 3.8) is 0 Å². The van der Waals surface area contributed by atoms with Crippen LogP contribution in [-0.2, 0) is 17.6 Å². The first-order valence-electron chi connectivity index (χ1n) is 11.7. The van der Waals surface area contributed by atoms with Crippen LogP contribution in [0.25, 0.3) is 21.9 Å². The molecule has 0 unspecified atom stereocenters. The first kappa shape index (κ1) is 26.9. The van der Waals surface area contributed by atoms with Crippen LogP contribution in [0, 0.1) is 0 Å². The van der Waals surface area contributed by atoms with E-state index in [1.807, 2.05) is 36.4 Å². The molecule has 0 atom stereocenters. The van der Waals surface area contributed by atoms with Crippen molar-refractivity contribution in [3.05, 3.63) is 47.5 Å². The summed E-state index contributed by atoms with van der Waals surface area (Å²) < 4.78 is 29.5. The molecule has 0 radical (unpaired) electrons. The number of hydrogen-bond donors (Lipinski definition) is 1. The second-order valence-corrected chi connectivity index (χ2v) is 14.9. The van der Waals surface area contributed by atoms with Crippen molar-refractivity contribution in [1.29, 1.82) is 0 Å². The number of hydrogen-bond acceptors (Lipinski definition) is 6. The maximum absolute atomic E-state index is 10.4. The number of rotatable bonds is 9. The molecule has 0 saturated heterocycles. The van der Waals surface area contributed by atoms with Gasteiger partial charge in [0.15, 0.2) is 8.32 Å². The van der Waals surface area contributed by atoms with Gasteiger partial charge in [-0.15, -0.1) is 0 Å². The Morgan fingerprint density at radius 3 is 1.97 bits per heavy atom. The second-order valence-electron chi connectivity index (χ2n) is 10.1. The van der Waals surface area contributed by atoms with Crippen LogP contribution in [-0.4, -0.2) is 41.9 Å². The molecule has 6 nitrogen and oxygen atoms in total. The molecule has 3 aromatic carbocycles. The molecule has 0 aliphatic carbocycles. The molecule has 7 heteroatoms. The number of aliphatic hydroxyl groups excluding tert-OH is 1.